The van der Waals surface area contributed by atoms with Gasteiger partial charge in [-0.1, -0.05) is 0 Å². The molecule has 0 aliphatic carbocycles. The van der Waals surface area contributed by atoms with E-state index >= 15 is 0 Å². The molecule has 1 N–H and O–H groups in total. The van der Waals surface area contributed by atoms with Gasteiger partial charge in [0.05, 0.1) is 14.2 Å². The minimum atomic E-state index is -0.340. The first-order chi connectivity index (χ1) is 14.5. The molecule has 0 saturated carbocycles. The number of hydrogen-bond donors (Lipinski definition) is 1. The summed E-state index contributed by atoms with van der Waals surface area (Å²) in [4.78, 5) is 19.4. The van der Waals surface area contributed by atoms with Crippen molar-refractivity contribution in [2.75, 3.05) is 38.8 Å². The van der Waals surface area contributed by atoms with E-state index in [0.717, 1.165) is 35.2 Å². The van der Waals surface area contributed by atoms with E-state index in [0.29, 0.717) is 35.3 Å². The van der Waals surface area contributed by atoms with Crippen LogP contribution >= 0.6 is 22.6 Å². The number of aromatic nitrogens is 1. The summed E-state index contributed by atoms with van der Waals surface area (Å²) < 4.78 is 26.2. The number of carbonyl (C=O) groups is 1. The Morgan fingerprint density at radius 2 is 1.80 bits per heavy atom. The van der Waals surface area contributed by atoms with Gasteiger partial charge < -0.3 is 14.8 Å². The van der Waals surface area contributed by atoms with Crippen LogP contribution in [0.25, 0.3) is 0 Å². The second-order valence-electron chi connectivity index (χ2n) is 7.72. The summed E-state index contributed by atoms with van der Waals surface area (Å²) in [6.07, 6.45) is 2.26. The van der Waals surface area contributed by atoms with Gasteiger partial charge in [-0.15, -0.1) is 0 Å². The molecule has 2 fully saturated rings. The summed E-state index contributed by atoms with van der Waals surface area (Å²) in [6.45, 7) is 2.31. The van der Waals surface area contributed by atoms with Crippen LogP contribution in [0, 0.1) is 9.39 Å². The Hall–Kier alpha value is -1.94. The van der Waals surface area contributed by atoms with Crippen molar-refractivity contribution >= 4 is 34.3 Å². The van der Waals surface area contributed by atoms with Crippen molar-refractivity contribution in [1.29, 1.82) is 0 Å². The number of nitrogens with one attached hydrogen (secondary N) is 1. The van der Waals surface area contributed by atoms with Crippen LogP contribution in [-0.4, -0.2) is 44.7 Å². The zero-order chi connectivity index (χ0) is 21.3. The second-order valence-corrected chi connectivity index (χ2v) is 8.89. The molecular formula is C22H25FIN3O3. The van der Waals surface area contributed by atoms with Crippen molar-refractivity contribution in [1.82, 2.24) is 10.3 Å². The maximum absolute atomic E-state index is 14.8. The van der Waals surface area contributed by atoms with Crippen molar-refractivity contribution in [2.24, 2.45) is 0 Å². The summed E-state index contributed by atoms with van der Waals surface area (Å²) in [6, 6.07) is 6.93. The SMILES string of the molecule is COc1cc(C2CCNCC2)nc(N2C[C@@H](c3c(F)cc(OC)cc3I)CC2=O)c1. The Labute approximate surface area is 189 Å². The third-order valence-corrected chi connectivity index (χ3v) is 6.79. The molecule has 1 amide bonds. The fourth-order valence-corrected chi connectivity index (χ4v) is 5.29. The minimum Gasteiger partial charge on any atom is -0.497 e. The molecule has 1 aromatic heterocycles. The van der Waals surface area contributed by atoms with Gasteiger partial charge in [0.2, 0.25) is 5.91 Å². The molecule has 2 aliphatic rings. The average molecular weight is 525 g/mol. The molecule has 0 bridgehead atoms. The molecule has 160 valence electrons. The van der Waals surface area contributed by atoms with Gasteiger partial charge in [0.15, 0.2) is 0 Å². The highest BCUT2D eigenvalue weighted by Crippen LogP contribution is 2.38. The third-order valence-electron chi connectivity index (χ3n) is 5.90. The topological polar surface area (TPSA) is 63.7 Å². The lowest BCUT2D eigenvalue weighted by Gasteiger charge is -2.24. The van der Waals surface area contributed by atoms with E-state index in [4.69, 9.17) is 14.5 Å². The summed E-state index contributed by atoms with van der Waals surface area (Å²) in [5.41, 5.74) is 1.51. The quantitative estimate of drug-likeness (QED) is 0.602. The number of benzene rings is 1. The van der Waals surface area contributed by atoms with E-state index in [1.54, 1.807) is 24.1 Å². The molecule has 0 radical (unpaired) electrons. The lowest BCUT2D eigenvalue weighted by molar-refractivity contribution is -0.117. The Kier molecular flexibility index (Phi) is 6.43. The Bertz CT molecular complexity index is 926. The maximum Gasteiger partial charge on any atom is 0.228 e. The molecular weight excluding hydrogens is 500 g/mol. The van der Waals surface area contributed by atoms with Crippen LogP contribution in [0.1, 0.15) is 42.4 Å². The molecule has 3 heterocycles. The normalized spacial score (nSPS) is 19.9. The molecule has 6 nitrogen and oxygen atoms in total. The first kappa shape index (κ1) is 21.3. The first-order valence-corrected chi connectivity index (χ1v) is 11.2. The Balaban J connectivity index is 1.63. The van der Waals surface area contributed by atoms with Crippen LogP contribution in [0.15, 0.2) is 24.3 Å². The van der Waals surface area contributed by atoms with E-state index in [1.807, 2.05) is 6.07 Å². The van der Waals surface area contributed by atoms with Crippen molar-refractivity contribution in [3.05, 3.63) is 44.9 Å². The largest absolute Gasteiger partial charge is 0.497 e. The van der Waals surface area contributed by atoms with Crippen molar-refractivity contribution in [3.63, 3.8) is 0 Å². The van der Waals surface area contributed by atoms with Crippen LogP contribution in [0.3, 0.4) is 0 Å². The van der Waals surface area contributed by atoms with Gasteiger partial charge in [-0.05, 0) is 54.6 Å². The lowest BCUT2D eigenvalue weighted by atomic mass is 9.94. The predicted molar refractivity (Wildman–Crippen MR) is 121 cm³/mol. The fourth-order valence-electron chi connectivity index (χ4n) is 4.29. The Morgan fingerprint density at radius 3 is 2.47 bits per heavy atom. The van der Waals surface area contributed by atoms with Crippen LogP contribution in [0.5, 0.6) is 11.5 Å². The first-order valence-electron chi connectivity index (χ1n) is 10.1. The number of hydrogen-bond acceptors (Lipinski definition) is 5. The minimum absolute atomic E-state index is 0.0527. The molecule has 1 atom stereocenters. The smallest absolute Gasteiger partial charge is 0.228 e. The van der Waals surface area contributed by atoms with Gasteiger partial charge in [0, 0.05) is 57.8 Å². The number of piperidine rings is 1. The molecule has 2 saturated heterocycles. The van der Waals surface area contributed by atoms with E-state index in [9.17, 15) is 9.18 Å². The summed E-state index contributed by atoms with van der Waals surface area (Å²) in [5.74, 6) is 1.46. The number of ether oxygens (including phenoxy) is 2. The van der Waals surface area contributed by atoms with E-state index in [1.165, 1.54) is 13.2 Å². The molecule has 1 aromatic carbocycles. The number of nitrogens with zero attached hydrogens (tertiary/aromatic N) is 2. The predicted octanol–water partition coefficient (Wildman–Crippen LogP) is 3.83. The van der Waals surface area contributed by atoms with E-state index < -0.39 is 0 Å². The van der Waals surface area contributed by atoms with Crippen LogP contribution in [0.2, 0.25) is 0 Å². The van der Waals surface area contributed by atoms with Gasteiger partial charge in [0.1, 0.15) is 23.1 Å². The summed E-state index contributed by atoms with van der Waals surface area (Å²) >= 11 is 2.11. The number of anilines is 1. The zero-order valence-corrected chi connectivity index (χ0v) is 19.2. The van der Waals surface area contributed by atoms with Crippen molar-refractivity contribution in [2.45, 2.75) is 31.1 Å². The maximum atomic E-state index is 14.8. The molecule has 0 unspecified atom stereocenters. The summed E-state index contributed by atoms with van der Waals surface area (Å²) in [7, 11) is 3.13. The van der Waals surface area contributed by atoms with E-state index in [-0.39, 0.29) is 24.1 Å². The van der Waals surface area contributed by atoms with Crippen molar-refractivity contribution in [3.8, 4) is 11.5 Å². The van der Waals surface area contributed by atoms with Gasteiger partial charge in [-0.2, -0.15) is 0 Å². The summed E-state index contributed by atoms with van der Waals surface area (Å²) in [5, 5.41) is 3.36. The van der Waals surface area contributed by atoms with Crippen LogP contribution in [-0.2, 0) is 4.79 Å². The number of methoxy groups -OCH3 is 2. The van der Waals surface area contributed by atoms with Gasteiger partial charge >= 0.3 is 0 Å². The van der Waals surface area contributed by atoms with Crippen LogP contribution < -0.4 is 19.7 Å². The fraction of sp³-hybridized carbons (Fsp3) is 0.455. The number of amides is 1. The average Bonchev–Trinajstić information content (AvgIpc) is 3.14. The third kappa shape index (κ3) is 4.25. The number of carbonyl (C=O) groups excluding carboxylic acids is 1. The van der Waals surface area contributed by atoms with Crippen LogP contribution in [0.4, 0.5) is 10.2 Å². The van der Waals surface area contributed by atoms with Gasteiger partial charge in [0.25, 0.3) is 0 Å². The molecule has 2 aliphatic heterocycles. The monoisotopic (exact) mass is 525 g/mol. The van der Waals surface area contributed by atoms with E-state index in [2.05, 4.69) is 27.9 Å². The highest BCUT2D eigenvalue weighted by molar-refractivity contribution is 14.1. The highest BCUT2D eigenvalue weighted by atomic mass is 127. The standard InChI is InChI=1S/C22H25FIN3O3/c1-29-15-8-17(23)22(18(24)9-15)14-7-21(28)27(12-14)20-11-16(30-2)10-19(26-20)13-3-5-25-6-4-13/h8-11,13-14,25H,3-7,12H2,1-2H3/t14-/m0/s1. The Morgan fingerprint density at radius 1 is 1.10 bits per heavy atom. The van der Waals surface area contributed by atoms with Crippen molar-refractivity contribution < 1.29 is 18.7 Å². The zero-order valence-electron chi connectivity index (χ0n) is 17.1. The molecule has 30 heavy (non-hydrogen) atoms. The molecule has 8 heteroatoms. The highest BCUT2D eigenvalue weighted by Gasteiger charge is 2.35. The molecule has 2 aromatic rings. The van der Waals surface area contributed by atoms with Gasteiger partial charge in [-0.25, -0.2) is 9.37 Å². The molecule has 0 spiro atoms. The number of halogens is 2. The number of pyridine rings is 1. The number of rotatable bonds is 5. The second kappa shape index (κ2) is 9.05. The lowest BCUT2D eigenvalue weighted by Crippen LogP contribution is -2.28. The van der Waals surface area contributed by atoms with Gasteiger partial charge in [-0.3, -0.25) is 9.69 Å². The molecule has 4 rings (SSSR count).